The average molecular weight is 313 g/mol. The fraction of sp³-hybridized carbons (Fsp3) is 0.600. The van der Waals surface area contributed by atoms with Gasteiger partial charge in [-0.2, -0.15) is 0 Å². The first kappa shape index (κ1) is 16.0. The fourth-order valence-electron chi connectivity index (χ4n) is 3.68. The molecule has 1 unspecified atom stereocenters. The van der Waals surface area contributed by atoms with Crippen LogP contribution in [0.25, 0.3) is 0 Å². The van der Waals surface area contributed by atoms with E-state index in [1.54, 1.807) is 6.07 Å². The summed E-state index contributed by atoms with van der Waals surface area (Å²) in [7, 11) is 1.49. The van der Waals surface area contributed by atoms with Crippen molar-refractivity contribution < 1.29 is 9.66 Å². The SMILES string of the molecule is COc1ccc2c(c1[N+](=O)[O-])CCC1(CCCCN1)C2.Cl. The van der Waals surface area contributed by atoms with E-state index in [1.165, 1.54) is 26.4 Å². The molecule has 0 bridgehead atoms. The minimum Gasteiger partial charge on any atom is -0.490 e. The maximum atomic E-state index is 11.3. The third kappa shape index (κ3) is 2.85. The summed E-state index contributed by atoms with van der Waals surface area (Å²) in [4.78, 5) is 11.0. The van der Waals surface area contributed by atoms with Crippen molar-refractivity contribution in [3.63, 3.8) is 0 Å². The Morgan fingerprint density at radius 2 is 2.14 bits per heavy atom. The maximum Gasteiger partial charge on any atom is 0.314 e. The van der Waals surface area contributed by atoms with Crippen molar-refractivity contribution in [1.29, 1.82) is 0 Å². The van der Waals surface area contributed by atoms with Crippen LogP contribution in [0.2, 0.25) is 0 Å². The van der Waals surface area contributed by atoms with E-state index in [0.29, 0.717) is 5.75 Å². The monoisotopic (exact) mass is 312 g/mol. The Labute approximate surface area is 130 Å². The summed E-state index contributed by atoms with van der Waals surface area (Å²) in [6.07, 6.45) is 6.29. The highest BCUT2D eigenvalue weighted by atomic mass is 35.5. The van der Waals surface area contributed by atoms with Gasteiger partial charge in [0.2, 0.25) is 0 Å². The van der Waals surface area contributed by atoms with Gasteiger partial charge in [0.15, 0.2) is 5.75 Å². The van der Waals surface area contributed by atoms with Gasteiger partial charge in [0.25, 0.3) is 0 Å². The molecule has 1 fully saturated rings. The Hall–Kier alpha value is -1.33. The number of hydrogen-bond donors (Lipinski definition) is 1. The third-order valence-electron chi connectivity index (χ3n) is 4.71. The van der Waals surface area contributed by atoms with Gasteiger partial charge in [-0.25, -0.2) is 0 Å². The molecule has 0 aromatic heterocycles. The van der Waals surface area contributed by atoms with Gasteiger partial charge >= 0.3 is 5.69 Å². The van der Waals surface area contributed by atoms with Crippen LogP contribution in [0.4, 0.5) is 5.69 Å². The van der Waals surface area contributed by atoms with E-state index in [0.717, 1.165) is 36.9 Å². The first-order chi connectivity index (χ1) is 9.65. The average Bonchev–Trinajstić information content (AvgIpc) is 2.46. The number of benzene rings is 1. The molecule has 6 heteroatoms. The number of piperidine rings is 1. The van der Waals surface area contributed by atoms with E-state index in [4.69, 9.17) is 4.74 Å². The molecule has 0 saturated carbocycles. The van der Waals surface area contributed by atoms with Gasteiger partial charge < -0.3 is 10.1 Å². The van der Waals surface area contributed by atoms with Gasteiger partial charge in [-0.15, -0.1) is 12.4 Å². The fourth-order valence-corrected chi connectivity index (χ4v) is 3.68. The first-order valence-corrected chi connectivity index (χ1v) is 7.23. The van der Waals surface area contributed by atoms with Crippen molar-refractivity contribution in [1.82, 2.24) is 5.32 Å². The highest BCUT2D eigenvalue weighted by molar-refractivity contribution is 5.85. The summed E-state index contributed by atoms with van der Waals surface area (Å²) in [5.41, 5.74) is 2.30. The Morgan fingerprint density at radius 3 is 2.76 bits per heavy atom. The largest absolute Gasteiger partial charge is 0.490 e. The van der Waals surface area contributed by atoms with E-state index >= 15 is 0 Å². The van der Waals surface area contributed by atoms with Gasteiger partial charge in [0, 0.05) is 11.1 Å². The lowest BCUT2D eigenvalue weighted by atomic mass is 9.73. The van der Waals surface area contributed by atoms with Crippen molar-refractivity contribution in [3.05, 3.63) is 33.4 Å². The van der Waals surface area contributed by atoms with Crippen LogP contribution in [0.15, 0.2) is 12.1 Å². The van der Waals surface area contributed by atoms with Gasteiger partial charge in [0.1, 0.15) is 0 Å². The van der Waals surface area contributed by atoms with Crippen molar-refractivity contribution in [2.45, 2.75) is 44.1 Å². The standard InChI is InChI=1S/C15H20N2O3.ClH/c1-20-13-5-4-11-10-15(7-2-3-9-16-15)8-6-12(11)14(13)17(18)19;/h4-5,16H,2-3,6-10H2,1H3;1H. The maximum absolute atomic E-state index is 11.3. The van der Waals surface area contributed by atoms with Gasteiger partial charge in [-0.1, -0.05) is 12.5 Å². The molecule has 1 saturated heterocycles. The Kier molecular flexibility index (Phi) is 4.74. The molecule has 5 nitrogen and oxygen atoms in total. The van der Waals surface area contributed by atoms with Crippen LogP contribution < -0.4 is 10.1 Å². The van der Waals surface area contributed by atoms with Gasteiger partial charge in [0.05, 0.1) is 12.0 Å². The molecule has 1 aliphatic heterocycles. The molecule has 1 N–H and O–H groups in total. The van der Waals surface area contributed by atoms with E-state index in [2.05, 4.69) is 5.32 Å². The molecule has 3 rings (SSSR count). The van der Waals surface area contributed by atoms with Crippen LogP contribution in [-0.2, 0) is 12.8 Å². The van der Waals surface area contributed by atoms with E-state index in [1.807, 2.05) is 6.07 Å². The molecule has 0 radical (unpaired) electrons. The highest BCUT2D eigenvalue weighted by Gasteiger charge is 2.38. The molecule has 116 valence electrons. The van der Waals surface area contributed by atoms with Crippen LogP contribution in [0.5, 0.6) is 5.75 Å². The molecule has 0 amide bonds. The topological polar surface area (TPSA) is 64.4 Å². The molecule has 1 aromatic rings. The van der Waals surface area contributed by atoms with Crippen LogP contribution in [0.1, 0.15) is 36.8 Å². The Balaban J connectivity index is 0.00000161. The summed E-state index contributed by atoms with van der Waals surface area (Å²) in [6.45, 7) is 1.06. The smallest absolute Gasteiger partial charge is 0.314 e. The zero-order valence-electron chi connectivity index (χ0n) is 12.2. The number of ether oxygens (including phenoxy) is 1. The second-order valence-corrected chi connectivity index (χ2v) is 5.85. The molecule has 1 atom stereocenters. The van der Waals surface area contributed by atoms with E-state index < -0.39 is 0 Å². The lowest BCUT2D eigenvalue weighted by Crippen LogP contribution is -2.52. The zero-order chi connectivity index (χ0) is 14.2. The molecule has 1 aliphatic carbocycles. The molecular formula is C15H21ClN2O3. The number of nitrogens with one attached hydrogen (secondary N) is 1. The van der Waals surface area contributed by atoms with Crippen molar-refractivity contribution in [2.24, 2.45) is 0 Å². The predicted molar refractivity (Wildman–Crippen MR) is 83.5 cm³/mol. The number of fused-ring (bicyclic) bond motifs is 1. The number of hydrogen-bond acceptors (Lipinski definition) is 4. The van der Waals surface area contributed by atoms with E-state index in [-0.39, 0.29) is 28.6 Å². The second-order valence-electron chi connectivity index (χ2n) is 5.85. The van der Waals surface area contributed by atoms with Gasteiger partial charge in [-0.05, 0) is 50.3 Å². The number of nitro benzene ring substituents is 1. The van der Waals surface area contributed by atoms with E-state index in [9.17, 15) is 10.1 Å². The lowest BCUT2D eigenvalue weighted by Gasteiger charge is -2.42. The van der Waals surface area contributed by atoms with Gasteiger partial charge in [-0.3, -0.25) is 10.1 Å². The Bertz CT molecular complexity index is 542. The number of halogens is 1. The summed E-state index contributed by atoms with van der Waals surface area (Å²) < 4.78 is 5.15. The van der Waals surface area contributed by atoms with Crippen molar-refractivity contribution >= 4 is 18.1 Å². The summed E-state index contributed by atoms with van der Waals surface area (Å²) >= 11 is 0. The molecule has 2 aliphatic rings. The third-order valence-corrected chi connectivity index (χ3v) is 4.71. The van der Waals surface area contributed by atoms with Crippen molar-refractivity contribution in [3.8, 4) is 5.75 Å². The minimum absolute atomic E-state index is 0. The summed E-state index contributed by atoms with van der Waals surface area (Å²) in [5, 5.41) is 15.0. The predicted octanol–water partition coefficient (Wildman–Crippen LogP) is 3.03. The number of nitro groups is 1. The summed E-state index contributed by atoms with van der Waals surface area (Å²) in [5.74, 6) is 0.376. The number of rotatable bonds is 2. The zero-order valence-corrected chi connectivity index (χ0v) is 13.0. The number of nitrogens with zero attached hydrogens (tertiary/aromatic N) is 1. The number of methoxy groups -OCH3 is 1. The van der Waals surface area contributed by atoms with Crippen molar-refractivity contribution in [2.75, 3.05) is 13.7 Å². The quantitative estimate of drug-likeness (QED) is 0.673. The Morgan fingerprint density at radius 1 is 1.33 bits per heavy atom. The van der Waals surface area contributed by atoms with Crippen LogP contribution in [0, 0.1) is 10.1 Å². The van der Waals surface area contributed by atoms with Crippen LogP contribution in [0.3, 0.4) is 0 Å². The minimum atomic E-state index is -0.302. The first-order valence-electron chi connectivity index (χ1n) is 7.23. The molecular weight excluding hydrogens is 292 g/mol. The molecule has 1 heterocycles. The second kappa shape index (κ2) is 6.20. The lowest BCUT2D eigenvalue weighted by molar-refractivity contribution is -0.386. The normalized spacial score (nSPS) is 24.0. The molecule has 21 heavy (non-hydrogen) atoms. The van der Waals surface area contributed by atoms with Crippen LogP contribution >= 0.6 is 12.4 Å². The molecule has 1 spiro atoms. The van der Waals surface area contributed by atoms with Crippen LogP contribution in [-0.4, -0.2) is 24.1 Å². The highest BCUT2D eigenvalue weighted by Crippen LogP contribution is 2.41. The summed E-state index contributed by atoms with van der Waals surface area (Å²) in [6, 6.07) is 3.73. The molecule has 1 aromatic carbocycles.